The zero-order valence-electron chi connectivity index (χ0n) is 26.8. The van der Waals surface area contributed by atoms with Crippen LogP contribution in [-0.4, -0.2) is 44.1 Å². The van der Waals surface area contributed by atoms with E-state index < -0.39 is 29.0 Å². The van der Waals surface area contributed by atoms with Gasteiger partial charge in [-0.15, -0.1) is 16.4 Å². The molecule has 10 nitrogen and oxygen atoms in total. The number of aryl methyl sites for hydroxylation is 2. The Morgan fingerprint density at radius 2 is 1.84 bits per heavy atom. The number of carbonyl (C=O) groups excluding carboxylic acids is 1. The number of rotatable bonds is 7. The van der Waals surface area contributed by atoms with Crippen molar-refractivity contribution in [3.05, 3.63) is 111 Å². The van der Waals surface area contributed by atoms with Gasteiger partial charge in [-0.2, -0.15) is 0 Å². The maximum atomic E-state index is 14.6. The Kier molecular flexibility index (Phi) is 6.54. The van der Waals surface area contributed by atoms with Crippen LogP contribution in [-0.2, 0) is 18.4 Å². The molecule has 1 saturated carbocycles. The molecule has 5 aliphatic rings. The van der Waals surface area contributed by atoms with Gasteiger partial charge in [0, 0.05) is 41.2 Å². The average Bonchev–Trinajstić information content (AvgIpc) is 3.92. The van der Waals surface area contributed by atoms with Gasteiger partial charge in [0.1, 0.15) is 17.5 Å². The van der Waals surface area contributed by atoms with E-state index in [0.29, 0.717) is 65.5 Å². The smallest absolute Gasteiger partial charge is 0.434 e. The standard InChI is InChI=1S/C37H27F3N6O4S/c38-20-4-1-17(2-5-20)3-6-25-27(34-44-45-36(48)50-34)28(29-32(42-25)37-14-18(15-37)16-46(37)35(29)47)26-11-19-7-9-41-33(31(19)51-26)43-24-8-10-49-30-22(24)12-21(39)13-23(30)40/h1-2,4-5,7,9,11-13,18,24H,3,6,8,10,14-16H2,(H,41,43)(H,45,48)/t18?,24-,37?/m1/s1. The molecule has 4 aromatic heterocycles. The summed E-state index contributed by atoms with van der Waals surface area (Å²) < 4.78 is 54.6. The largest absolute Gasteiger partial charge is 0.490 e. The maximum Gasteiger partial charge on any atom is 0.434 e. The van der Waals surface area contributed by atoms with E-state index in [2.05, 4.69) is 20.5 Å². The predicted octanol–water partition coefficient (Wildman–Crippen LogP) is 6.91. The lowest BCUT2D eigenvalue weighted by Gasteiger charge is -2.37. The molecule has 3 fully saturated rings. The first-order valence-corrected chi connectivity index (χ1v) is 17.5. The summed E-state index contributed by atoms with van der Waals surface area (Å²) in [6.45, 7) is 0.896. The van der Waals surface area contributed by atoms with E-state index in [4.69, 9.17) is 14.1 Å². The fraction of sp³-hybridized carbons (Fsp3) is 0.270. The van der Waals surface area contributed by atoms with Crippen molar-refractivity contribution in [2.45, 2.75) is 43.7 Å². The number of aromatic nitrogens is 4. The van der Waals surface area contributed by atoms with Crippen LogP contribution in [0.5, 0.6) is 5.75 Å². The molecular formula is C37H27F3N6O4S. The van der Waals surface area contributed by atoms with Crippen LogP contribution in [0.2, 0.25) is 0 Å². The number of pyridine rings is 2. The summed E-state index contributed by atoms with van der Waals surface area (Å²) >= 11 is 1.40. The Labute approximate surface area is 291 Å². The minimum absolute atomic E-state index is 0.0139. The number of H-pyrrole nitrogens is 1. The molecular weight excluding hydrogens is 682 g/mol. The van der Waals surface area contributed by atoms with Gasteiger partial charge in [-0.3, -0.25) is 9.78 Å². The summed E-state index contributed by atoms with van der Waals surface area (Å²) in [5.41, 5.74) is 3.61. The number of amides is 1. The normalized spacial score (nSPS) is 21.3. The van der Waals surface area contributed by atoms with Crippen LogP contribution in [0, 0.1) is 23.4 Å². The lowest BCUT2D eigenvalue weighted by Crippen LogP contribution is -2.40. The number of hydrogen-bond donors (Lipinski definition) is 2. The molecule has 1 spiro atoms. The van der Waals surface area contributed by atoms with E-state index >= 15 is 0 Å². The molecule has 2 saturated heterocycles. The Balaban J connectivity index is 1.15. The van der Waals surface area contributed by atoms with E-state index in [9.17, 15) is 22.8 Å². The van der Waals surface area contributed by atoms with Crippen molar-refractivity contribution in [3.63, 3.8) is 0 Å². The predicted molar refractivity (Wildman–Crippen MR) is 181 cm³/mol. The molecule has 2 aromatic carbocycles. The average molecular weight is 709 g/mol. The maximum absolute atomic E-state index is 14.6. The van der Waals surface area contributed by atoms with Crippen LogP contribution >= 0.6 is 11.3 Å². The van der Waals surface area contributed by atoms with Crippen molar-refractivity contribution in [3.8, 4) is 27.6 Å². The SMILES string of the molecule is O=C1c2c(nc(CCc3ccc(F)cc3)c(-c3n[nH]c(=O)o3)c2-c2cc3ccnc(N[C@@H]4CCOc5c(F)cc(F)cc54)c3s2)C23CC(CN12)C3. The number of halogens is 3. The summed E-state index contributed by atoms with van der Waals surface area (Å²) in [5, 5.41) is 10.8. The third-order valence-corrected chi connectivity index (χ3v) is 11.8. The van der Waals surface area contributed by atoms with Gasteiger partial charge >= 0.3 is 5.76 Å². The van der Waals surface area contributed by atoms with Crippen LogP contribution in [0.25, 0.3) is 32.0 Å². The van der Waals surface area contributed by atoms with Gasteiger partial charge in [0.25, 0.3) is 11.8 Å². The molecule has 4 aliphatic heterocycles. The zero-order chi connectivity index (χ0) is 34.6. The summed E-state index contributed by atoms with van der Waals surface area (Å²) in [7, 11) is 0. The van der Waals surface area contributed by atoms with E-state index in [1.54, 1.807) is 18.3 Å². The molecule has 8 heterocycles. The molecule has 256 valence electrons. The van der Waals surface area contributed by atoms with E-state index in [1.165, 1.54) is 29.5 Å². The topological polar surface area (TPSA) is 126 Å². The van der Waals surface area contributed by atoms with Gasteiger partial charge in [-0.1, -0.05) is 12.1 Å². The first-order chi connectivity index (χ1) is 24.8. The summed E-state index contributed by atoms with van der Waals surface area (Å²) in [6.07, 6.45) is 4.70. The lowest BCUT2D eigenvalue weighted by atomic mass is 9.71. The van der Waals surface area contributed by atoms with Crippen LogP contribution in [0.1, 0.15) is 58.2 Å². The number of ether oxygens (including phenoxy) is 1. The fourth-order valence-corrected chi connectivity index (χ4v) is 9.60. The molecule has 11 rings (SSSR count). The van der Waals surface area contributed by atoms with Gasteiger partial charge in [0.05, 0.1) is 45.4 Å². The number of fused-ring (bicyclic) bond motifs is 3. The van der Waals surface area contributed by atoms with Crippen molar-refractivity contribution in [2.75, 3.05) is 18.5 Å². The molecule has 1 aliphatic carbocycles. The minimum Gasteiger partial charge on any atom is -0.490 e. The van der Waals surface area contributed by atoms with Crippen molar-refractivity contribution >= 4 is 33.1 Å². The number of nitrogens with zero attached hydrogens (tertiary/aromatic N) is 4. The number of carbonyl (C=O) groups is 1. The molecule has 1 amide bonds. The van der Waals surface area contributed by atoms with Crippen LogP contribution in [0.15, 0.2) is 63.9 Å². The molecule has 2 N–H and O–H groups in total. The Hall–Kier alpha value is -5.50. The highest BCUT2D eigenvalue weighted by Gasteiger charge is 2.65. The van der Waals surface area contributed by atoms with Crippen LogP contribution in [0.3, 0.4) is 0 Å². The van der Waals surface area contributed by atoms with Gasteiger partial charge in [-0.25, -0.2) is 28.0 Å². The van der Waals surface area contributed by atoms with Crippen LogP contribution < -0.4 is 15.8 Å². The third kappa shape index (κ3) is 4.58. The Bertz CT molecular complexity index is 2490. The fourth-order valence-electron chi connectivity index (χ4n) is 8.43. The second-order valence-corrected chi connectivity index (χ2v) is 14.7. The second-order valence-electron chi connectivity index (χ2n) is 13.6. The van der Waals surface area contributed by atoms with E-state index in [0.717, 1.165) is 45.1 Å². The first kappa shape index (κ1) is 30.3. The Morgan fingerprint density at radius 1 is 1.00 bits per heavy atom. The number of benzene rings is 2. The highest BCUT2D eigenvalue weighted by atomic mass is 32.1. The van der Waals surface area contributed by atoms with Gasteiger partial charge in [0.2, 0.25) is 0 Å². The first-order valence-electron chi connectivity index (χ1n) is 16.7. The van der Waals surface area contributed by atoms with Crippen molar-refractivity contribution in [2.24, 2.45) is 5.92 Å². The number of hydrogen-bond acceptors (Lipinski definition) is 9. The molecule has 0 radical (unpaired) electrons. The third-order valence-electron chi connectivity index (χ3n) is 10.7. The Morgan fingerprint density at radius 3 is 2.65 bits per heavy atom. The molecule has 51 heavy (non-hydrogen) atoms. The number of thiophene rings is 1. The molecule has 6 aromatic rings. The summed E-state index contributed by atoms with van der Waals surface area (Å²) in [4.78, 5) is 39.2. The van der Waals surface area contributed by atoms with Crippen LogP contribution in [0.4, 0.5) is 19.0 Å². The van der Waals surface area contributed by atoms with E-state index in [-0.39, 0.29) is 30.0 Å². The highest BCUT2D eigenvalue weighted by Crippen LogP contribution is 2.63. The monoisotopic (exact) mass is 708 g/mol. The van der Waals surface area contributed by atoms with Gasteiger partial charge < -0.3 is 19.4 Å². The number of nitrogens with one attached hydrogen (secondary N) is 2. The number of aromatic amines is 1. The molecule has 14 heteroatoms. The second kappa shape index (κ2) is 11.0. The van der Waals surface area contributed by atoms with Crippen molar-refractivity contribution in [1.82, 2.24) is 25.1 Å². The zero-order valence-corrected chi connectivity index (χ0v) is 27.6. The van der Waals surface area contributed by atoms with Gasteiger partial charge in [0.15, 0.2) is 11.6 Å². The van der Waals surface area contributed by atoms with Gasteiger partial charge in [-0.05, 0) is 72.9 Å². The summed E-state index contributed by atoms with van der Waals surface area (Å²) in [5.74, 6) is -1.69. The molecule has 0 unspecified atom stereocenters. The minimum atomic E-state index is -0.761. The van der Waals surface area contributed by atoms with Crippen molar-refractivity contribution in [1.29, 1.82) is 0 Å². The number of anilines is 1. The highest BCUT2D eigenvalue weighted by molar-refractivity contribution is 7.23. The lowest BCUT2D eigenvalue weighted by molar-refractivity contribution is 0.0637. The quantitative estimate of drug-likeness (QED) is 0.183. The summed E-state index contributed by atoms with van der Waals surface area (Å²) in [6, 6.07) is 11.7. The molecule has 2 bridgehead atoms. The van der Waals surface area contributed by atoms with E-state index in [1.807, 2.05) is 17.0 Å². The molecule has 1 atom stereocenters. The van der Waals surface area contributed by atoms with Crippen molar-refractivity contribution < 1.29 is 27.1 Å².